The predicted molar refractivity (Wildman–Crippen MR) is 83.2 cm³/mol. The van der Waals surface area contributed by atoms with E-state index in [-0.39, 0.29) is 17.4 Å². The van der Waals surface area contributed by atoms with E-state index in [1.165, 1.54) is 18.2 Å². The second-order valence-electron chi connectivity index (χ2n) is 3.84. The minimum Gasteiger partial charge on any atom is -0.463 e. The number of benzene rings is 1. The molecule has 116 valence electrons. The van der Waals surface area contributed by atoms with Crippen molar-refractivity contribution < 1.29 is 19.2 Å². The van der Waals surface area contributed by atoms with E-state index >= 15 is 0 Å². The van der Waals surface area contributed by atoms with Crippen LogP contribution in [0.15, 0.2) is 36.4 Å². The molecule has 0 atom stereocenters. The Morgan fingerprint density at radius 1 is 1.41 bits per heavy atom. The van der Waals surface area contributed by atoms with Crippen LogP contribution in [0.5, 0.6) is 0 Å². The van der Waals surface area contributed by atoms with Gasteiger partial charge < -0.3 is 10.1 Å². The van der Waals surface area contributed by atoms with E-state index in [0.29, 0.717) is 5.69 Å². The number of carbonyl (C=O) groups is 2. The van der Waals surface area contributed by atoms with Gasteiger partial charge in [0.05, 0.1) is 11.5 Å². The van der Waals surface area contributed by atoms with Crippen molar-refractivity contribution in [3.63, 3.8) is 0 Å². The van der Waals surface area contributed by atoms with Gasteiger partial charge in [0.1, 0.15) is 0 Å². The van der Waals surface area contributed by atoms with Crippen molar-refractivity contribution in [1.29, 1.82) is 0 Å². The van der Waals surface area contributed by atoms with E-state index in [2.05, 4.69) is 15.4 Å². The van der Waals surface area contributed by atoms with Crippen LogP contribution < -0.4 is 10.6 Å². The summed E-state index contributed by atoms with van der Waals surface area (Å²) >= 11 is 4.89. The van der Waals surface area contributed by atoms with Gasteiger partial charge in [-0.15, -0.1) is 0 Å². The summed E-state index contributed by atoms with van der Waals surface area (Å²) in [6.07, 6.45) is 1.94. The topological polar surface area (TPSA) is 111 Å². The zero-order chi connectivity index (χ0) is 16.5. The number of nitrogens with zero attached hydrogens (tertiary/aromatic N) is 1. The Morgan fingerprint density at radius 3 is 2.77 bits per heavy atom. The lowest BCUT2D eigenvalue weighted by atomic mass is 10.3. The molecule has 0 fully saturated rings. The standard InChI is InChI=1S/C13H13N3O5S/c1-2-21-12(18)7-6-11(17)15-13(22)14-9-4-3-5-10(8-9)16(19)20/h3-8H,2H2,1H3,(H2,14,15,17,22)/b7-6+. The van der Waals surface area contributed by atoms with Gasteiger partial charge in [-0.25, -0.2) is 4.79 Å². The number of ether oxygens (including phenoxy) is 1. The van der Waals surface area contributed by atoms with Crippen molar-refractivity contribution in [3.8, 4) is 0 Å². The highest BCUT2D eigenvalue weighted by atomic mass is 32.1. The Kier molecular flexibility index (Phi) is 6.64. The van der Waals surface area contributed by atoms with Crippen molar-refractivity contribution in [2.75, 3.05) is 11.9 Å². The maximum absolute atomic E-state index is 11.5. The van der Waals surface area contributed by atoms with Crippen LogP contribution in [0.1, 0.15) is 6.92 Å². The minimum absolute atomic E-state index is 0.0565. The average molecular weight is 323 g/mol. The van der Waals surface area contributed by atoms with Gasteiger partial charge in [0.15, 0.2) is 5.11 Å². The van der Waals surface area contributed by atoms with Gasteiger partial charge >= 0.3 is 5.97 Å². The SMILES string of the molecule is CCOC(=O)/C=C/C(=O)NC(=S)Nc1cccc([N+](=O)[O-])c1. The van der Waals surface area contributed by atoms with Crippen LogP contribution >= 0.6 is 12.2 Å². The van der Waals surface area contributed by atoms with Crippen LogP contribution in [0.4, 0.5) is 11.4 Å². The lowest BCUT2D eigenvalue weighted by molar-refractivity contribution is -0.384. The minimum atomic E-state index is -0.643. The number of esters is 1. The third-order valence-corrected chi connectivity index (χ3v) is 2.41. The molecule has 8 nitrogen and oxygen atoms in total. The molecule has 0 spiro atoms. The zero-order valence-electron chi connectivity index (χ0n) is 11.6. The first-order valence-corrected chi connectivity index (χ1v) is 6.54. The number of thiocarbonyl (C=S) groups is 1. The fourth-order valence-corrected chi connectivity index (χ4v) is 1.57. The zero-order valence-corrected chi connectivity index (χ0v) is 12.4. The normalized spacial score (nSPS) is 10.0. The Morgan fingerprint density at radius 2 is 2.14 bits per heavy atom. The molecular formula is C13H13N3O5S. The highest BCUT2D eigenvalue weighted by Crippen LogP contribution is 2.16. The molecule has 1 amide bonds. The number of hydrogen-bond donors (Lipinski definition) is 2. The summed E-state index contributed by atoms with van der Waals surface area (Å²) in [4.78, 5) is 32.6. The van der Waals surface area contributed by atoms with E-state index < -0.39 is 16.8 Å². The molecule has 0 saturated heterocycles. The Hall–Kier alpha value is -2.81. The molecule has 1 aromatic rings. The van der Waals surface area contributed by atoms with E-state index in [4.69, 9.17) is 12.2 Å². The van der Waals surface area contributed by atoms with Crippen molar-refractivity contribution in [2.45, 2.75) is 6.92 Å². The van der Waals surface area contributed by atoms with Gasteiger partial charge in [-0.3, -0.25) is 20.2 Å². The highest BCUT2D eigenvalue weighted by molar-refractivity contribution is 7.80. The molecule has 0 heterocycles. The second kappa shape index (κ2) is 8.47. The largest absolute Gasteiger partial charge is 0.463 e. The molecule has 22 heavy (non-hydrogen) atoms. The number of nitro groups is 1. The van der Waals surface area contributed by atoms with Gasteiger partial charge in [0.2, 0.25) is 5.91 Å². The van der Waals surface area contributed by atoms with Crippen LogP contribution in [-0.4, -0.2) is 28.5 Å². The molecule has 0 unspecified atom stereocenters. The predicted octanol–water partition coefficient (Wildman–Crippen LogP) is 1.53. The number of non-ortho nitro benzene ring substituents is 1. The number of carbonyl (C=O) groups excluding carboxylic acids is 2. The number of hydrogen-bond acceptors (Lipinski definition) is 6. The maximum Gasteiger partial charge on any atom is 0.330 e. The van der Waals surface area contributed by atoms with Crippen molar-refractivity contribution in [1.82, 2.24) is 5.32 Å². The summed E-state index contributed by atoms with van der Waals surface area (Å²) in [5.41, 5.74) is 0.246. The van der Waals surface area contributed by atoms with Crippen molar-refractivity contribution in [2.24, 2.45) is 0 Å². The number of rotatable bonds is 5. The molecule has 2 N–H and O–H groups in total. The van der Waals surface area contributed by atoms with Gasteiger partial charge in [0, 0.05) is 30.0 Å². The van der Waals surface area contributed by atoms with Gasteiger partial charge in [-0.2, -0.15) is 0 Å². The third-order valence-electron chi connectivity index (χ3n) is 2.21. The third kappa shape index (κ3) is 6.09. The molecule has 1 aromatic carbocycles. The van der Waals surface area contributed by atoms with Crippen LogP contribution in [0.2, 0.25) is 0 Å². The average Bonchev–Trinajstić information content (AvgIpc) is 2.45. The van der Waals surface area contributed by atoms with E-state index in [1.54, 1.807) is 13.0 Å². The number of nitro benzene ring substituents is 1. The number of amides is 1. The van der Waals surface area contributed by atoms with Crippen LogP contribution in [-0.2, 0) is 14.3 Å². The molecule has 0 saturated carbocycles. The smallest absolute Gasteiger partial charge is 0.330 e. The molecule has 0 bridgehead atoms. The van der Waals surface area contributed by atoms with Crippen molar-refractivity contribution in [3.05, 3.63) is 46.5 Å². The second-order valence-corrected chi connectivity index (χ2v) is 4.24. The first kappa shape index (κ1) is 17.2. The molecular weight excluding hydrogens is 310 g/mol. The van der Waals surface area contributed by atoms with Crippen LogP contribution in [0, 0.1) is 10.1 Å². The summed E-state index contributed by atoms with van der Waals surface area (Å²) in [5, 5.41) is 15.5. The molecule has 9 heteroatoms. The molecule has 0 aliphatic rings. The Balaban J connectivity index is 2.56. The summed E-state index contributed by atoms with van der Waals surface area (Å²) in [6.45, 7) is 1.85. The molecule has 0 aliphatic heterocycles. The first-order chi connectivity index (χ1) is 10.4. The maximum atomic E-state index is 11.5. The fraction of sp³-hybridized carbons (Fsp3) is 0.154. The van der Waals surface area contributed by atoms with E-state index in [0.717, 1.165) is 12.2 Å². The Labute approximate surface area is 131 Å². The van der Waals surface area contributed by atoms with Crippen molar-refractivity contribution >= 4 is 40.6 Å². The molecule has 0 aromatic heterocycles. The van der Waals surface area contributed by atoms with Gasteiger partial charge in [-0.1, -0.05) is 6.07 Å². The monoisotopic (exact) mass is 323 g/mol. The van der Waals surface area contributed by atoms with Gasteiger partial charge in [-0.05, 0) is 25.2 Å². The number of nitrogens with one attached hydrogen (secondary N) is 2. The number of anilines is 1. The fourth-order valence-electron chi connectivity index (χ4n) is 1.35. The summed E-state index contributed by atoms with van der Waals surface area (Å²) < 4.78 is 4.61. The van der Waals surface area contributed by atoms with E-state index in [9.17, 15) is 19.7 Å². The summed E-state index contributed by atoms with van der Waals surface area (Å²) in [5.74, 6) is -1.27. The van der Waals surface area contributed by atoms with Gasteiger partial charge in [0.25, 0.3) is 5.69 Å². The summed E-state index contributed by atoms with van der Waals surface area (Å²) in [7, 11) is 0. The lowest BCUT2D eigenvalue weighted by Gasteiger charge is -2.07. The molecule has 0 aliphatic carbocycles. The van der Waals surface area contributed by atoms with E-state index in [1.807, 2.05) is 0 Å². The Bertz CT molecular complexity index is 630. The highest BCUT2D eigenvalue weighted by Gasteiger charge is 2.07. The lowest BCUT2D eigenvalue weighted by Crippen LogP contribution is -2.33. The quantitative estimate of drug-likeness (QED) is 0.278. The van der Waals surface area contributed by atoms with Crippen LogP contribution in [0.25, 0.3) is 0 Å². The summed E-state index contributed by atoms with van der Waals surface area (Å²) in [6, 6.07) is 5.63. The first-order valence-electron chi connectivity index (χ1n) is 6.13. The molecule has 0 radical (unpaired) electrons. The molecule has 1 rings (SSSR count). The van der Waals surface area contributed by atoms with Crippen LogP contribution in [0.3, 0.4) is 0 Å².